The summed E-state index contributed by atoms with van der Waals surface area (Å²) in [5.74, 6) is -0.715. The molecule has 3 aromatic rings. The van der Waals surface area contributed by atoms with E-state index < -0.39 is 0 Å². The molecule has 1 N–H and O–H groups in total. The highest BCUT2D eigenvalue weighted by atomic mass is 35.5. The largest absolute Gasteiger partial charge is 0.350 e. The van der Waals surface area contributed by atoms with Crippen molar-refractivity contribution in [1.82, 2.24) is 0 Å². The van der Waals surface area contributed by atoms with Gasteiger partial charge in [-0.05, 0) is 74.4 Å². The van der Waals surface area contributed by atoms with E-state index in [4.69, 9.17) is 11.6 Å². The summed E-state index contributed by atoms with van der Waals surface area (Å²) in [5.41, 5.74) is 4.81. The molecule has 31 heavy (non-hydrogen) atoms. The third kappa shape index (κ3) is 4.24. The Bertz CT molecular complexity index is 1200. The minimum Gasteiger partial charge on any atom is -0.350 e. The summed E-state index contributed by atoms with van der Waals surface area (Å²) in [7, 11) is 0. The fourth-order valence-corrected chi connectivity index (χ4v) is 4.34. The Labute approximate surface area is 190 Å². The molecular weight excluding hydrogens is 428 g/mol. The number of thioether (sulfide) groups is 1. The van der Waals surface area contributed by atoms with Gasteiger partial charge in [0.25, 0.3) is 11.8 Å². The standard InChI is InChI=1S/C25H21ClN2O2S/c1-15-7-11-19(12-8-15)28-24(29)22(27-21-6-4-5-16(2)17(21)3)23(25(28)30)31-20-13-9-18(26)10-14-20/h4-14,27H,1-3H3. The lowest BCUT2D eigenvalue weighted by molar-refractivity contribution is -0.120. The molecule has 156 valence electrons. The third-order valence-corrected chi connectivity index (χ3v) is 6.57. The Morgan fingerprint density at radius 3 is 2.19 bits per heavy atom. The number of carbonyl (C=O) groups excluding carboxylic acids is 2. The monoisotopic (exact) mass is 448 g/mol. The molecule has 4 rings (SSSR count). The topological polar surface area (TPSA) is 49.4 Å². The van der Waals surface area contributed by atoms with Crippen LogP contribution in [0, 0.1) is 20.8 Å². The number of anilines is 2. The van der Waals surface area contributed by atoms with Crippen LogP contribution in [0.4, 0.5) is 11.4 Å². The minimum atomic E-state index is -0.369. The van der Waals surface area contributed by atoms with Crippen molar-refractivity contribution in [3.05, 3.63) is 99.0 Å². The van der Waals surface area contributed by atoms with Gasteiger partial charge in [-0.3, -0.25) is 9.59 Å². The van der Waals surface area contributed by atoms with Crippen LogP contribution in [0.2, 0.25) is 5.02 Å². The van der Waals surface area contributed by atoms with Gasteiger partial charge in [0.1, 0.15) is 10.6 Å². The van der Waals surface area contributed by atoms with Gasteiger partial charge in [0, 0.05) is 15.6 Å². The molecule has 2 amide bonds. The lowest BCUT2D eigenvalue weighted by atomic mass is 10.1. The van der Waals surface area contributed by atoms with Crippen molar-refractivity contribution >= 4 is 46.6 Å². The van der Waals surface area contributed by atoms with Crippen molar-refractivity contribution in [2.75, 3.05) is 10.2 Å². The smallest absolute Gasteiger partial charge is 0.283 e. The Kier molecular flexibility index (Phi) is 5.90. The van der Waals surface area contributed by atoms with Crippen LogP contribution in [-0.4, -0.2) is 11.8 Å². The van der Waals surface area contributed by atoms with Gasteiger partial charge in [0.05, 0.1) is 5.69 Å². The van der Waals surface area contributed by atoms with E-state index in [2.05, 4.69) is 5.32 Å². The van der Waals surface area contributed by atoms with E-state index in [1.165, 1.54) is 16.7 Å². The lowest BCUT2D eigenvalue weighted by Crippen LogP contribution is -2.32. The Hall–Kier alpha value is -3.02. The highest BCUT2D eigenvalue weighted by Crippen LogP contribution is 2.38. The highest BCUT2D eigenvalue weighted by molar-refractivity contribution is 8.04. The molecule has 1 heterocycles. The van der Waals surface area contributed by atoms with E-state index in [0.29, 0.717) is 15.6 Å². The summed E-state index contributed by atoms with van der Waals surface area (Å²) in [5, 5.41) is 3.86. The van der Waals surface area contributed by atoms with Crippen molar-refractivity contribution < 1.29 is 9.59 Å². The zero-order chi connectivity index (χ0) is 22.1. The summed E-state index contributed by atoms with van der Waals surface area (Å²) in [6, 6.07) is 20.4. The van der Waals surface area contributed by atoms with E-state index in [1.807, 2.05) is 63.2 Å². The molecule has 4 nitrogen and oxygen atoms in total. The molecular formula is C25H21ClN2O2S. The van der Waals surface area contributed by atoms with Gasteiger partial charge >= 0.3 is 0 Å². The van der Waals surface area contributed by atoms with Crippen LogP contribution in [0.5, 0.6) is 0 Å². The van der Waals surface area contributed by atoms with Crippen molar-refractivity contribution in [1.29, 1.82) is 0 Å². The van der Waals surface area contributed by atoms with Crippen LogP contribution in [0.15, 0.2) is 82.2 Å². The van der Waals surface area contributed by atoms with Gasteiger partial charge in [-0.2, -0.15) is 0 Å². The SMILES string of the molecule is Cc1ccc(N2C(=O)C(Nc3cccc(C)c3C)=C(Sc3ccc(Cl)cc3)C2=O)cc1. The van der Waals surface area contributed by atoms with Crippen LogP contribution < -0.4 is 10.2 Å². The zero-order valence-electron chi connectivity index (χ0n) is 17.4. The van der Waals surface area contributed by atoms with E-state index in [0.717, 1.165) is 27.3 Å². The van der Waals surface area contributed by atoms with Crippen LogP contribution in [0.1, 0.15) is 16.7 Å². The second-order valence-electron chi connectivity index (χ2n) is 7.41. The van der Waals surface area contributed by atoms with Crippen LogP contribution in [-0.2, 0) is 9.59 Å². The molecule has 0 radical (unpaired) electrons. The first kappa shape index (κ1) is 21.2. The molecule has 0 unspecified atom stereocenters. The molecule has 0 aromatic heterocycles. The molecule has 6 heteroatoms. The lowest BCUT2D eigenvalue weighted by Gasteiger charge is -2.16. The Balaban J connectivity index is 1.77. The average molecular weight is 449 g/mol. The summed E-state index contributed by atoms with van der Waals surface area (Å²) in [6.07, 6.45) is 0. The average Bonchev–Trinajstić information content (AvgIpc) is 2.97. The quantitative estimate of drug-likeness (QED) is 0.468. The van der Waals surface area contributed by atoms with Crippen LogP contribution >= 0.6 is 23.4 Å². The van der Waals surface area contributed by atoms with E-state index in [-0.39, 0.29) is 17.5 Å². The minimum absolute atomic E-state index is 0.277. The predicted octanol–water partition coefficient (Wildman–Crippen LogP) is 6.25. The molecule has 1 aliphatic rings. The maximum absolute atomic E-state index is 13.4. The maximum atomic E-state index is 13.4. The number of aryl methyl sites for hydroxylation is 2. The van der Waals surface area contributed by atoms with Crippen molar-refractivity contribution in [2.24, 2.45) is 0 Å². The second kappa shape index (κ2) is 8.61. The van der Waals surface area contributed by atoms with Gasteiger partial charge < -0.3 is 5.32 Å². The van der Waals surface area contributed by atoms with Gasteiger partial charge in [-0.15, -0.1) is 0 Å². The molecule has 3 aromatic carbocycles. The first-order valence-corrected chi connectivity index (χ1v) is 11.0. The Morgan fingerprint density at radius 2 is 1.52 bits per heavy atom. The van der Waals surface area contributed by atoms with Crippen LogP contribution in [0.25, 0.3) is 0 Å². The molecule has 0 atom stereocenters. The molecule has 0 saturated carbocycles. The number of halogens is 1. The first-order chi connectivity index (χ1) is 14.8. The van der Waals surface area contributed by atoms with Crippen LogP contribution in [0.3, 0.4) is 0 Å². The number of hydrogen-bond acceptors (Lipinski definition) is 4. The number of imide groups is 1. The van der Waals surface area contributed by atoms with Crippen molar-refractivity contribution in [2.45, 2.75) is 25.7 Å². The van der Waals surface area contributed by atoms with Gasteiger partial charge in [0.2, 0.25) is 0 Å². The first-order valence-electron chi connectivity index (χ1n) is 9.81. The van der Waals surface area contributed by atoms with E-state index in [1.54, 1.807) is 24.3 Å². The summed E-state index contributed by atoms with van der Waals surface area (Å²) in [4.78, 5) is 29.2. The van der Waals surface area contributed by atoms with Crippen molar-refractivity contribution in [3.63, 3.8) is 0 Å². The normalized spacial score (nSPS) is 13.9. The number of nitrogens with zero attached hydrogens (tertiary/aromatic N) is 1. The fraction of sp³-hybridized carbons (Fsp3) is 0.120. The molecule has 0 fully saturated rings. The highest BCUT2D eigenvalue weighted by Gasteiger charge is 2.40. The zero-order valence-corrected chi connectivity index (χ0v) is 19.0. The molecule has 0 spiro atoms. The number of amides is 2. The Morgan fingerprint density at radius 1 is 0.839 bits per heavy atom. The predicted molar refractivity (Wildman–Crippen MR) is 128 cm³/mol. The van der Waals surface area contributed by atoms with Crippen molar-refractivity contribution in [3.8, 4) is 0 Å². The number of carbonyl (C=O) groups is 2. The van der Waals surface area contributed by atoms with Gasteiger partial charge in [-0.1, -0.05) is 53.2 Å². The van der Waals surface area contributed by atoms with Gasteiger partial charge in [0.15, 0.2) is 0 Å². The molecule has 0 saturated heterocycles. The molecule has 0 bridgehead atoms. The number of hydrogen-bond donors (Lipinski definition) is 1. The summed E-state index contributed by atoms with van der Waals surface area (Å²) >= 11 is 7.26. The third-order valence-electron chi connectivity index (χ3n) is 5.23. The number of nitrogens with one attached hydrogen (secondary N) is 1. The fourth-order valence-electron chi connectivity index (χ4n) is 3.28. The van der Waals surface area contributed by atoms with E-state index >= 15 is 0 Å². The number of benzene rings is 3. The number of rotatable bonds is 5. The summed E-state index contributed by atoms with van der Waals surface area (Å²) in [6.45, 7) is 5.96. The maximum Gasteiger partial charge on any atom is 0.283 e. The second-order valence-corrected chi connectivity index (χ2v) is 8.93. The van der Waals surface area contributed by atoms with Gasteiger partial charge in [-0.25, -0.2) is 4.90 Å². The molecule has 1 aliphatic heterocycles. The summed E-state index contributed by atoms with van der Waals surface area (Å²) < 4.78 is 0. The molecule has 0 aliphatic carbocycles. The van der Waals surface area contributed by atoms with E-state index in [9.17, 15) is 9.59 Å².